The van der Waals surface area contributed by atoms with Crippen molar-refractivity contribution in [2.24, 2.45) is 0 Å². The second-order valence-corrected chi connectivity index (χ2v) is 4.70. The third kappa shape index (κ3) is 2.74. The van der Waals surface area contributed by atoms with Crippen molar-refractivity contribution in [3.05, 3.63) is 0 Å². The second-order valence-electron chi connectivity index (χ2n) is 4.70. The zero-order valence-corrected chi connectivity index (χ0v) is 9.98. The Bertz CT molecular complexity index is 216. The molecule has 2 fully saturated rings. The zero-order valence-electron chi connectivity index (χ0n) is 9.98. The maximum atomic E-state index is 11.4. The Hall–Kier alpha value is -0.610. The van der Waals surface area contributed by atoms with Gasteiger partial charge in [0.2, 0.25) is 0 Å². The molecule has 1 saturated carbocycles. The van der Waals surface area contributed by atoms with E-state index in [4.69, 9.17) is 9.47 Å². The fraction of sp³-hybridized carbons (Fsp3) is 0.917. The minimum atomic E-state index is -0.126. The highest BCUT2D eigenvalue weighted by Crippen LogP contribution is 2.27. The Morgan fingerprint density at radius 3 is 2.62 bits per heavy atom. The van der Waals surface area contributed by atoms with Crippen molar-refractivity contribution in [2.45, 2.75) is 44.2 Å². The third-order valence-electron chi connectivity index (χ3n) is 3.71. The Labute approximate surface area is 96.9 Å². The van der Waals surface area contributed by atoms with Gasteiger partial charge in [-0.15, -0.1) is 0 Å². The molecule has 0 aromatic carbocycles. The molecule has 0 N–H and O–H groups in total. The van der Waals surface area contributed by atoms with E-state index in [0.717, 1.165) is 19.6 Å². The van der Waals surface area contributed by atoms with Gasteiger partial charge in [-0.25, -0.2) is 0 Å². The minimum absolute atomic E-state index is 0.126. The van der Waals surface area contributed by atoms with Gasteiger partial charge in [0.1, 0.15) is 0 Å². The number of rotatable bonds is 4. The number of hydrogen-bond acceptors (Lipinski definition) is 4. The second kappa shape index (κ2) is 5.64. The quantitative estimate of drug-likeness (QED) is 0.676. The Kier molecular flexibility index (Phi) is 4.18. The molecule has 2 aliphatic rings. The molecule has 2 rings (SSSR count). The van der Waals surface area contributed by atoms with Crippen LogP contribution in [0.15, 0.2) is 0 Å². The average Bonchev–Trinajstić information content (AvgIpc) is 2.97. The van der Waals surface area contributed by atoms with Gasteiger partial charge in [-0.1, -0.05) is 12.8 Å². The van der Waals surface area contributed by atoms with E-state index >= 15 is 0 Å². The van der Waals surface area contributed by atoms with Crippen LogP contribution in [0.5, 0.6) is 0 Å². The van der Waals surface area contributed by atoms with Crippen LogP contribution < -0.4 is 0 Å². The van der Waals surface area contributed by atoms with Gasteiger partial charge >= 0.3 is 5.97 Å². The predicted octanol–water partition coefficient (Wildman–Crippen LogP) is 1.19. The van der Waals surface area contributed by atoms with Crippen LogP contribution in [0.25, 0.3) is 0 Å². The van der Waals surface area contributed by atoms with Crippen LogP contribution in [0.2, 0.25) is 0 Å². The fourth-order valence-electron chi connectivity index (χ4n) is 2.79. The van der Waals surface area contributed by atoms with Gasteiger partial charge in [-0.2, -0.15) is 0 Å². The molecule has 0 amide bonds. The zero-order chi connectivity index (χ0) is 11.4. The topological polar surface area (TPSA) is 38.8 Å². The lowest BCUT2D eigenvalue weighted by Crippen LogP contribution is -2.45. The molecule has 1 aliphatic heterocycles. The summed E-state index contributed by atoms with van der Waals surface area (Å²) in [6.07, 6.45) is 6.06. The first-order valence-electron chi connectivity index (χ1n) is 6.21. The van der Waals surface area contributed by atoms with Gasteiger partial charge in [0.05, 0.1) is 20.3 Å². The first-order valence-corrected chi connectivity index (χ1v) is 6.21. The van der Waals surface area contributed by atoms with Crippen LogP contribution in [0, 0.1) is 0 Å². The van der Waals surface area contributed by atoms with E-state index in [-0.39, 0.29) is 5.97 Å². The standard InChI is InChI=1S/C12H21NO3/c1-15-12(14)8-13(10-4-2-3-5-10)11-6-7-16-9-11/h10-11H,2-9H2,1H3. The summed E-state index contributed by atoms with van der Waals surface area (Å²) in [6, 6.07) is 0.980. The van der Waals surface area contributed by atoms with Crippen LogP contribution in [0.1, 0.15) is 32.1 Å². The lowest BCUT2D eigenvalue weighted by Gasteiger charge is -2.32. The van der Waals surface area contributed by atoms with E-state index in [9.17, 15) is 4.79 Å². The normalized spacial score (nSPS) is 26.5. The molecule has 0 spiro atoms. The summed E-state index contributed by atoms with van der Waals surface area (Å²) >= 11 is 0. The molecule has 4 nitrogen and oxygen atoms in total. The largest absolute Gasteiger partial charge is 0.468 e. The average molecular weight is 227 g/mol. The summed E-state index contributed by atoms with van der Waals surface area (Å²) in [5, 5.41) is 0. The summed E-state index contributed by atoms with van der Waals surface area (Å²) < 4.78 is 10.2. The summed E-state index contributed by atoms with van der Waals surface area (Å²) in [4.78, 5) is 13.7. The van der Waals surface area contributed by atoms with E-state index in [0.29, 0.717) is 18.6 Å². The molecular formula is C12H21NO3. The highest BCUT2D eigenvalue weighted by atomic mass is 16.5. The molecule has 1 saturated heterocycles. The summed E-state index contributed by atoms with van der Waals surface area (Å²) in [5.74, 6) is -0.126. The summed E-state index contributed by atoms with van der Waals surface area (Å²) in [7, 11) is 1.46. The van der Waals surface area contributed by atoms with Crippen molar-refractivity contribution < 1.29 is 14.3 Å². The maximum Gasteiger partial charge on any atom is 0.319 e. The lowest BCUT2D eigenvalue weighted by molar-refractivity contribution is -0.143. The molecule has 0 aromatic heterocycles. The van der Waals surface area contributed by atoms with Crippen LogP contribution in [-0.2, 0) is 14.3 Å². The molecule has 92 valence electrons. The van der Waals surface area contributed by atoms with E-state index in [1.54, 1.807) is 0 Å². The lowest BCUT2D eigenvalue weighted by atomic mass is 10.1. The van der Waals surface area contributed by atoms with Gasteiger partial charge in [-0.3, -0.25) is 9.69 Å². The van der Waals surface area contributed by atoms with Crippen LogP contribution in [0.3, 0.4) is 0 Å². The van der Waals surface area contributed by atoms with Crippen LogP contribution >= 0.6 is 0 Å². The molecule has 1 unspecified atom stereocenters. The number of carbonyl (C=O) groups is 1. The third-order valence-corrected chi connectivity index (χ3v) is 3.71. The van der Waals surface area contributed by atoms with Gasteiger partial charge < -0.3 is 9.47 Å². The monoisotopic (exact) mass is 227 g/mol. The number of nitrogens with zero attached hydrogens (tertiary/aromatic N) is 1. The smallest absolute Gasteiger partial charge is 0.319 e. The van der Waals surface area contributed by atoms with Crippen molar-refractivity contribution >= 4 is 5.97 Å². The Morgan fingerprint density at radius 2 is 2.06 bits per heavy atom. The first kappa shape index (κ1) is 11.9. The molecule has 0 aromatic rings. The Morgan fingerprint density at radius 1 is 1.31 bits per heavy atom. The molecule has 1 heterocycles. The van der Waals surface area contributed by atoms with E-state index in [1.165, 1.54) is 32.8 Å². The predicted molar refractivity (Wildman–Crippen MR) is 60.2 cm³/mol. The van der Waals surface area contributed by atoms with E-state index < -0.39 is 0 Å². The number of hydrogen-bond donors (Lipinski definition) is 0. The van der Waals surface area contributed by atoms with E-state index in [2.05, 4.69) is 4.90 Å². The van der Waals surface area contributed by atoms with Crippen molar-refractivity contribution in [3.63, 3.8) is 0 Å². The Balaban J connectivity index is 1.96. The highest BCUT2D eigenvalue weighted by Gasteiger charge is 2.32. The summed E-state index contributed by atoms with van der Waals surface area (Å²) in [6.45, 7) is 2.03. The summed E-state index contributed by atoms with van der Waals surface area (Å²) in [5.41, 5.74) is 0. The molecule has 4 heteroatoms. The molecule has 1 aliphatic carbocycles. The molecule has 0 bridgehead atoms. The number of esters is 1. The first-order chi connectivity index (χ1) is 7.81. The van der Waals surface area contributed by atoms with Gasteiger partial charge in [0.15, 0.2) is 0 Å². The maximum absolute atomic E-state index is 11.4. The van der Waals surface area contributed by atoms with Crippen LogP contribution in [0.4, 0.5) is 0 Å². The van der Waals surface area contributed by atoms with Crippen molar-refractivity contribution in [2.75, 3.05) is 26.9 Å². The fourth-order valence-corrected chi connectivity index (χ4v) is 2.79. The number of carbonyl (C=O) groups excluding carboxylic acids is 1. The molecular weight excluding hydrogens is 206 g/mol. The van der Waals surface area contributed by atoms with Crippen molar-refractivity contribution in [1.82, 2.24) is 4.90 Å². The van der Waals surface area contributed by atoms with Gasteiger partial charge in [0, 0.05) is 18.7 Å². The molecule has 0 radical (unpaired) electrons. The number of methoxy groups -OCH3 is 1. The van der Waals surface area contributed by atoms with E-state index in [1.807, 2.05) is 0 Å². The van der Waals surface area contributed by atoms with Crippen molar-refractivity contribution in [3.8, 4) is 0 Å². The van der Waals surface area contributed by atoms with Crippen LogP contribution in [-0.4, -0.2) is 49.8 Å². The highest BCUT2D eigenvalue weighted by molar-refractivity contribution is 5.71. The molecule has 1 atom stereocenters. The number of ether oxygens (including phenoxy) is 2. The minimum Gasteiger partial charge on any atom is -0.468 e. The van der Waals surface area contributed by atoms with Gasteiger partial charge in [-0.05, 0) is 19.3 Å². The van der Waals surface area contributed by atoms with Gasteiger partial charge in [0.25, 0.3) is 0 Å². The van der Waals surface area contributed by atoms with Crippen molar-refractivity contribution in [1.29, 1.82) is 0 Å². The molecule has 16 heavy (non-hydrogen) atoms. The SMILES string of the molecule is COC(=O)CN(C1CCCC1)C1CCOC1.